The predicted octanol–water partition coefficient (Wildman–Crippen LogP) is 5.14. The summed E-state index contributed by atoms with van der Waals surface area (Å²) < 4.78 is 13.5. The molecule has 3 heteroatoms. The van der Waals surface area contributed by atoms with Crippen LogP contribution in [-0.4, -0.2) is 10.8 Å². The van der Waals surface area contributed by atoms with E-state index in [1.165, 1.54) is 37.0 Å². The summed E-state index contributed by atoms with van der Waals surface area (Å²) in [5, 5.41) is 4.17. The molecule has 112 valence electrons. The SMILES string of the molecule is CC(C)(C)NCc1cc(F)ccc1SC1CCCCC1. The highest BCUT2D eigenvalue weighted by Gasteiger charge is 2.17. The molecule has 1 aliphatic rings. The molecule has 1 aliphatic carbocycles. The largest absolute Gasteiger partial charge is 0.308 e. The Hall–Kier alpha value is -0.540. The number of halogens is 1. The Bertz CT molecular complexity index is 433. The van der Waals surface area contributed by atoms with Crippen molar-refractivity contribution in [2.24, 2.45) is 0 Å². The molecular weight excluding hydrogens is 269 g/mol. The van der Waals surface area contributed by atoms with E-state index in [0.29, 0.717) is 5.25 Å². The molecule has 0 heterocycles. The van der Waals surface area contributed by atoms with Gasteiger partial charge in [0.1, 0.15) is 5.82 Å². The Morgan fingerprint density at radius 3 is 2.55 bits per heavy atom. The fraction of sp³-hybridized carbons (Fsp3) is 0.647. The van der Waals surface area contributed by atoms with Crippen LogP contribution in [0, 0.1) is 5.82 Å². The van der Waals surface area contributed by atoms with Crippen LogP contribution in [0.1, 0.15) is 58.4 Å². The van der Waals surface area contributed by atoms with Gasteiger partial charge in [0, 0.05) is 22.2 Å². The number of benzene rings is 1. The lowest BCUT2D eigenvalue weighted by Gasteiger charge is -2.24. The minimum absolute atomic E-state index is 0.0547. The molecule has 0 aromatic heterocycles. The smallest absolute Gasteiger partial charge is 0.123 e. The van der Waals surface area contributed by atoms with Crippen molar-refractivity contribution in [2.75, 3.05) is 0 Å². The summed E-state index contributed by atoms with van der Waals surface area (Å²) >= 11 is 1.94. The monoisotopic (exact) mass is 295 g/mol. The van der Waals surface area contributed by atoms with Crippen LogP contribution in [-0.2, 0) is 6.54 Å². The zero-order chi connectivity index (χ0) is 14.6. The first-order chi connectivity index (χ1) is 9.44. The summed E-state index contributed by atoms with van der Waals surface area (Å²) in [6, 6.07) is 5.23. The van der Waals surface area contributed by atoms with Gasteiger partial charge in [-0.05, 0) is 57.4 Å². The van der Waals surface area contributed by atoms with Crippen LogP contribution in [0.25, 0.3) is 0 Å². The number of hydrogen-bond acceptors (Lipinski definition) is 2. The molecule has 1 fully saturated rings. The summed E-state index contributed by atoms with van der Waals surface area (Å²) in [4.78, 5) is 1.25. The van der Waals surface area contributed by atoms with Crippen molar-refractivity contribution >= 4 is 11.8 Å². The van der Waals surface area contributed by atoms with E-state index >= 15 is 0 Å². The molecule has 0 radical (unpaired) electrons. The fourth-order valence-corrected chi connectivity index (χ4v) is 3.88. The Morgan fingerprint density at radius 1 is 1.20 bits per heavy atom. The summed E-state index contributed by atoms with van der Waals surface area (Å²) in [5.74, 6) is -0.135. The van der Waals surface area contributed by atoms with Crippen LogP contribution >= 0.6 is 11.8 Å². The fourth-order valence-electron chi connectivity index (χ4n) is 2.52. The van der Waals surface area contributed by atoms with Gasteiger partial charge in [-0.1, -0.05) is 19.3 Å². The molecule has 0 atom stereocenters. The standard InChI is InChI=1S/C17H26FNS/c1-17(2,3)19-12-13-11-14(18)9-10-16(13)20-15-7-5-4-6-8-15/h9-11,15,19H,4-8,12H2,1-3H3. The van der Waals surface area contributed by atoms with E-state index in [-0.39, 0.29) is 11.4 Å². The molecule has 0 saturated heterocycles. The van der Waals surface area contributed by atoms with E-state index < -0.39 is 0 Å². The summed E-state index contributed by atoms with van der Waals surface area (Å²) in [7, 11) is 0. The highest BCUT2D eigenvalue weighted by molar-refractivity contribution is 8.00. The van der Waals surface area contributed by atoms with Gasteiger partial charge < -0.3 is 5.32 Å². The van der Waals surface area contributed by atoms with Crippen LogP contribution in [0.15, 0.2) is 23.1 Å². The first-order valence-electron chi connectivity index (χ1n) is 7.64. The Kier molecular flexibility index (Phi) is 5.50. The zero-order valence-corrected chi connectivity index (χ0v) is 13.7. The minimum atomic E-state index is -0.135. The molecular formula is C17H26FNS. The third-order valence-electron chi connectivity index (χ3n) is 3.68. The van der Waals surface area contributed by atoms with Crippen LogP contribution in [0.3, 0.4) is 0 Å². The van der Waals surface area contributed by atoms with E-state index in [1.54, 1.807) is 12.1 Å². The summed E-state index contributed by atoms with van der Waals surface area (Å²) in [6.07, 6.45) is 6.66. The maximum Gasteiger partial charge on any atom is 0.123 e. The average Bonchev–Trinajstić information content (AvgIpc) is 2.39. The first kappa shape index (κ1) is 15.8. The van der Waals surface area contributed by atoms with Gasteiger partial charge in [0.25, 0.3) is 0 Å². The highest BCUT2D eigenvalue weighted by atomic mass is 32.2. The van der Waals surface area contributed by atoms with Gasteiger partial charge >= 0.3 is 0 Å². The van der Waals surface area contributed by atoms with E-state index in [4.69, 9.17) is 0 Å². The van der Waals surface area contributed by atoms with Crippen molar-refractivity contribution in [3.05, 3.63) is 29.6 Å². The van der Waals surface area contributed by atoms with Crippen LogP contribution in [0.5, 0.6) is 0 Å². The highest BCUT2D eigenvalue weighted by Crippen LogP contribution is 2.35. The van der Waals surface area contributed by atoms with Gasteiger partial charge in [-0.25, -0.2) is 4.39 Å². The molecule has 0 unspecified atom stereocenters. The molecule has 1 aromatic carbocycles. The van der Waals surface area contributed by atoms with E-state index in [9.17, 15) is 4.39 Å². The normalized spacial score (nSPS) is 17.4. The van der Waals surface area contributed by atoms with Gasteiger partial charge in [-0.15, -0.1) is 11.8 Å². The molecule has 20 heavy (non-hydrogen) atoms. The third kappa shape index (κ3) is 5.10. The number of thioether (sulfide) groups is 1. The second-order valence-electron chi connectivity index (χ2n) is 6.73. The zero-order valence-electron chi connectivity index (χ0n) is 12.8. The second kappa shape index (κ2) is 6.95. The van der Waals surface area contributed by atoms with E-state index in [2.05, 4.69) is 26.1 Å². The van der Waals surface area contributed by atoms with Crippen molar-refractivity contribution in [1.29, 1.82) is 0 Å². The van der Waals surface area contributed by atoms with Crippen LogP contribution in [0.2, 0.25) is 0 Å². The van der Waals surface area contributed by atoms with E-state index in [0.717, 1.165) is 12.1 Å². The molecule has 0 spiro atoms. The van der Waals surface area contributed by atoms with Crippen molar-refractivity contribution < 1.29 is 4.39 Å². The Labute approximate surface area is 126 Å². The van der Waals surface area contributed by atoms with E-state index in [1.807, 2.05) is 17.8 Å². The maximum atomic E-state index is 13.5. The van der Waals surface area contributed by atoms with Crippen molar-refractivity contribution in [2.45, 2.75) is 75.1 Å². The first-order valence-corrected chi connectivity index (χ1v) is 8.52. The van der Waals surface area contributed by atoms with Gasteiger partial charge in [0.15, 0.2) is 0 Å². The Balaban J connectivity index is 2.06. The predicted molar refractivity (Wildman–Crippen MR) is 85.7 cm³/mol. The van der Waals surface area contributed by atoms with Gasteiger partial charge in [0.05, 0.1) is 0 Å². The lowest BCUT2D eigenvalue weighted by atomic mass is 10.0. The summed E-state index contributed by atoms with van der Waals surface area (Å²) in [6.45, 7) is 7.15. The van der Waals surface area contributed by atoms with Gasteiger partial charge in [-0.2, -0.15) is 0 Å². The molecule has 2 rings (SSSR count). The number of hydrogen-bond donors (Lipinski definition) is 1. The van der Waals surface area contributed by atoms with Crippen molar-refractivity contribution in [3.63, 3.8) is 0 Å². The number of nitrogens with one attached hydrogen (secondary N) is 1. The Morgan fingerprint density at radius 2 is 1.90 bits per heavy atom. The van der Waals surface area contributed by atoms with Crippen molar-refractivity contribution in [1.82, 2.24) is 5.32 Å². The lowest BCUT2D eigenvalue weighted by molar-refractivity contribution is 0.421. The van der Waals surface area contributed by atoms with Gasteiger partial charge in [0.2, 0.25) is 0 Å². The summed E-state index contributed by atoms with van der Waals surface area (Å²) in [5.41, 5.74) is 1.15. The van der Waals surface area contributed by atoms with Gasteiger partial charge in [-0.3, -0.25) is 0 Å². The quantitative estimate of drug-likeness (QED) is 0.825. The minimum Gasteiger partial charge on any atom is -0.308 e. The molecule has 0 bridgehead atoms. The third-order valence-corrected chi connectivity index (χ3v) is 5.13. The van der Waals surface area contributed by atoms with Crippen molar-refractivity contribution in [3.8, 4) is 0 Å². The second-order valence-corrected chi connectivity index (χ2v) is 8.08. The van der Waals surface area contributed by atoms with Crippen LogP contribution in [0.4, 0.5) is 4.39 Å². The lowest BCUT2D eigenvalue weighted by Crippen LogP contribution is -2.35. The molecule has 1 N–H and O–H groups in total. The molecule has 0 aliphatic heterocycles. The maximum absolute atomic E-state index is 13.5. The van der Waals surface area contributed by atoms with Crippen LogP contribution < -0.4 is 5.32 Å². The molecule has 1 aromatic rings. The molecule has 1 nitrogen and oxygen atoms in total. The molecule has 1 saturated carbocycles. The average molecular weight is 295 g/mol. The molecule has 0 amide bonds. The number of rotatable bonds is 4. The topological polar surface area (TPSA) is 12.0 Å².